The van der Waals surface area contributed by atoms with Crippen molar-refractivity contribution in [3.05, 3.63) is 29.3 Å². The summed E-state index contributed by atoms with van der Waals surface area (Å²) in [5, 5.41) is 0. The zero-order chi connectivity index (χ0) is 16.3. The van der Waals surface area contributed by atoms with E-state index in [1.165, 1.54) is 23.5 Å². The molecule has 1 aliphatic rings. The first kappa shape index (κ1) is 19.9. The quantitative estimate of drug-likeness (QED) is 0.821. The van der Waals surface area contributed by atoms with Crippen LogP contribution in [0.3, 0.4) is 0 Å². The van der Waals surface area contributed by atoms with Gasteiger partial charge < -0.3 is 10.5 Å². The summed E-state index contributed by atoms with van der Waals surface area (Å²) in [6.07, 6.45) is 1.57. The van der Waals surface area contributed by atoms with E-state index >= 15 is 0 Å². The van der Waals surface area contributed by atoms with Crippen LogP contribution in [0.1, 0.15) is 28.8 Å². The van der Waals surface area contributed by atoms with Gasteiger partial charge in [0.05, 0.1) is 17.6 Å². The lowest BCUT2D eigenvalue weighted by Gasteiger charge is -2.31. The van der Waals surface area contributed by atoms with Crippen molar-refractivity contribution in [3.63, 3.8) is 0 Å². The maximum absolute atomic E-state index is 12.7. The molecule has 8 heteroatoms. The third-order valence-electron chi connectivity index (χ3n) is 4.12. The summed E-state index contributed by atoms with van der Waals surface area (Å²) in [6, 6.07) is 4.51. The van der Waals surface area contributed by atoms with E-state index in [-0.39, 0.29) is 17.3 Å². The van der Waals surface area contributed by atoms with E-state index in [4.69, 9.17) is 5.73 Å². The van der Waals surface area contributed by atoms with Gasteiger partial charge in [-0.25, -0.2) is 13.2 Å². The molecule has 0 atom stereocenters. The molecule has 0 aliphatic carbocycles. The molecular formula is C15H23ClN2O4S. The third kappa shape index (κ3) is 4.23. The van der Waals surface area contributed by atoms with E-state index in [0.717, 1.165) is 12.8 Å². The molecule has 1 aromatic rings. The Kier molecular flexibility index (Phi) is 7.01. The molecule has 1 saturated heterocycles. The van der Waals surface area contributed by atoms with Gasteiger partial charge in [-0.1, -0.05) is 0 Å². The van der Waals surface area contributed by atoms with Crippen LogP contribution in [0, 0.1) is 12.8 Å². The lowest BCUT2D eigenvalue weighted by atomic mass is 9.99. The molecule has 1 aliphatic heterocycles. The monoisotopic (exact) mass is 362 g/mol. The first-order chi connectivity index (χ1) is 10.4. The normalized spacial score (nSPS) is 16.7. The number of nitrogens with two attached hydrogens (primary N) is 1. The standard InChI is InChI=1S/C15H22N2O4S.ClH/c1-11-9-13(15(18)21-2)3-4-14(11)22(19,20)17-7-5-12(10-16)6-8-17;/h3-4,9,12H,5-8,10,16H2,1-2H3;1H. The number of esters is 1. The van der Waals surface area contributed by atoms with Crippen molar-refractivity contribution in [2.24, 2.45) is 11.7 Å². The Labute approximate surface area is 143 Å². The molecule has 0 spiro atoms. The number of ether oxygens (including phenoxy) is 1. The van der Waals surface area contributed by atoms with Gasteiger partial charge in [0.1, 0.15) is 0 Å². The van der Waals surface area contributed by atoms with Gasteiger partial charge in [0, 0.05) is 13.1 Å². The van der Waals surface area contributed by atoms with Crippen molar-refractivity contribution < 1.29 is 17.9 Å². The van der Waals surface area contributed by atoms with Crippen LogP contribution in [0.5, 0.6) is 0 Å². The highest BCUT2D eigenvalue weighted by Crippen LogP contribution is 2.26. The summed E-state index contributed by atoms with van der Waals surface area (Å²) in [6.45, 7) is 3.26. The van der Waals surface area contributed by atoms with Gasteiger partial charge in [-0.2, -0.15) is 4.31 Å². The molecule has 1 fully saturated rings. The van der Waals surface area contributed by atoms with E-state index in [2.05, 4.69) is 4.74 Å². The number of nitrogens with zero attached hydrogens (tertiary/aromatic N) is 1. The number of aryl methyl sites for hydroxylation is 1. The van der Waals surface area contributed by atoms with E-state index in [0.29, 0.717) is 36.7 Å². The lowest BCUT2D eigenvalue weighted by molar-refractivity contribution is 0.0600. The van der Waals surface area contributed by atoms with Gasteiger partial charge in [0.25, 0.3) is 0 Å². The smallest absolute Gasteiger partial charge is 0.337 e. The predicted octanol–water partition coefficient (Wildman–Crippen LogP) is 1.56. The molecule has 1 aromatic carbocycles. The summed E-state index contributed by atoms with van der Waals surface area (Å²) in [7, 11) is -2.24. The maximum Gasteiger partial charge on any atom is 0.337 e. The number of piperidine rings is 1. The Hall–Kier alpha value is -1.15. The molecule has 6 nitrogen and oxygen atoms in total. The van der Waals surface area contributed by atoms with E-state index in [1.807, 2.05) is 0 Å². The predicted molar refractivity (Wildman–Crippen MR) is 90.3 cm³/mol. The van der Waals surface area contributed by atoms with Crippen molar-refractivity contribution in [1.29, 1.82) is 0 Å². The number of hydrogen-bond acceptors (Lipinski definition) is 5. The maximum atomic E-state index is 12.7. The average molecular weight is 363 g/mol. The van der Waals surface area contributed by atoms with Crippen LogP contribution in [0.4, 0.5) is 0 Å². The fourth-order valence-electron chi connectivity index (χ4n) is 2.71. The minimum absolute atomic E-state index is 0. The molecule has 0 bridgehead atoms. The van der Waals surface area contributed by atoms with Crippen molar-refractivity contribution in [1.82, 2.24) is 4.31 Å². The van der Waals surface area contributed by atoms with Gasteiger partial charge in [-0.05, 0) is 56.0 Å². The summed E-state index contributed by atoms with van der Waals surface area (Å²) < 4.78 is 31.6. The van der Waals surface area contributed by atoms with E-state index in [9.17, 15) is 13.2 Å². The summed E-state index contributed by atoms with van der Waals surface area (Å²) >= 11 is 0. The Morgan fingerprint density at radius 1 is 1.35 bits per heavy atom. The summed E-state index contributed by atoms with van der Waals surface area (Å²) in [5.41, 5.74) is 6.53. The number of carbonyl (C=O) groups excluding carboxylic acids is 1. The topological polar surface area (TPSA) is 89.7 Å². The SMILES string of the molecule is COC(=O)c1ccc(S(=O)(=O)N2CCC(CN)CC2)c(C)c1.Cl. The van der Waals surface area contributed by atoms with Crippen LogP contribution >= 0.6 is 12.4 Å². The Balaban J connectivity index is 0.00000264. The second-order valence-corrected chi connectivity index (χ2v) is 7.46. The summed E-state index contributed by atoms with van der Waals surface area (Å²) in [4.78, 5) is 11.7. The Morgan fingerprint density at radius 3 is 2.43 bits per heavy atom. The number of rotatable bonds is 4. The van der Waals surface area contributed by atoms with E-state index < -0.39 is 16.0 Å². The number of hydrogen-bond donors (Lipinski definition) is 1. The molecule has 0 saturated carbocycles. The second kappa shape index (κ2) is 8.10. The Bertz CT molecular complexity index is 655. The minimum atomic E-state index is -3.53. The van der Waals surface area contributed by atoms with Crippen LogP contribution in [-0.2, 0) is 14.8 Å². The molecule has 130 valence electrons. The zero-order valence-electron chi connectivity index (χ0n) is 13.3. The number of halogens is 1. The molecule has 0 unspecified atom stereocenters. The van der Waals surface area contributed by atoms with Crippen molar-refractivity contribution in [2.75, 3.05) is 26.7 Å². The molecule has 1 heterocycles. The molecule has 23 heavy (non-hydrogen) atoms. The van der Waals surface area contributed by atoms with Crippen molar-refractivity contribution >= 4 is 28.4 Å². The largest absolute Gasteiger partial charge is 0.465 e. The number of methoxy groups -OCH3 is 1. The zero-order valence-corrected chi connectivity index (χ0v) is 15.0. The van der Waals surface area contributed by atoms with Gasteiger partial charge in [-0.3, -0.25) is 0 Å². The van der Waals surface area contributed by atoms with Crippen molar-refractivity contribution in [2.45, 2.75) is 24.7 Å². The fourth-order valence-corrected chi connectivity index (χ4v) is 4.38. The average Bonchev–Trinajstić information content (AvgIpc) is 2.53. The molecule has 0 amide bonds. The summed E-state index contributed by atoms with van der Waals surface area (Å²) in [5.74, 6) is -0.0787. The van der Waals surface area contributed by atoms with E-state index in [1.54, 1.807) is 13.0 Å². The number of sulfonamides is 1. The highest BCUT2D eigenvalue weighted by atomic mass is 35.5. The molecule has 0 radical (unpaired) electrons. The van der Waals surface area contributed by atoms with Crippen LogP contribution < -0.4 is 5.73 Å². The lowest BCUT2D eigenvalue weighted by Crippen LogP contribution is -2.40. The van der Waals surface area contributed by atoms with Crippen LogP contribution in [0.25, 0.3) is 0 Å². The second-order valence-electron chi connectivity index (χ2n) is 5.56. The third-order valence-corrected chi connectivity index (χ3v) is 6.18. The Morgan fingerprint density at radius 2 is 1.96 bits per heavy atom. The molecule has 2 N–H and O–H groups in total. The number of benzene rings is 1. The molecular weight excluding hydrogens is 340 g/mol. The first-order valence-electron chi connectivity index (χ1n) is 7.29. The minimum Gasteiger partial charge on any atom is -0.465 e. The highest BCUT2D eigenvalue weighted by molar-refractivity contribution is 7.89. The van der Waals surface area contributed by atoms with Crippen LogP contribution in [0.2, 0.25) is 0 Å². The first-order valence-corrected chi connectivity index (χ1v) is 8.73. The van der Waals surface area contributed by atoms with Gasteiger partial charge >= 0.3 is 5.97 Å². The van der Waals surface area contributed by atoms with Gasteiger partial charge in [0.2, 0.25) is 10.0 Å². The number of carbonyl (C=O) groups is 1. The van der Waals surface area contributed by atoms with Gasteiger partial charge in [0.15, 0.2) is 0 Å². The molecule has 0 aromatic heterocycles. The van der Waals surface area contributed by atoms with Crippen LogP contribution in [0.15, 0.2) is 23.1 Å². The van der Waals surface area contributed by atoms with Gasteiger partial charge in [-0.15, -0.1) is 12.4 Å². The molecule has 2 rings (SSSR count). The fraction of sp³-hybridized carbons (Fsp3) is 0.533. The van der Waals surface area contributed by atoms with Crippen LogP contribution in [-0.4, -0.2) is 45.4 Å². The highest BCUT2D eigenvalue weighted by Gasteiger charge is 2.30. The van der Waals surface area contributed by atoms with Crippen molar-refractivity contribution in [3.8, 4) is 0 Å².